The Labute approximate surface area is 86.7 Å². The number of hydrogen-bond acceptors (Lipinski definition) is 4. The van der Waals surface area contributed by atoms with E-state index in [2.05, 4.69) is 4.74 Å². The van der Waals surface area contributed by atoms with E-state index >= 15 is 0 Å². The largest absolute Gasteiger partial charge is 0.469 e. The highest BCUT2D eigenvalue weighted by Gasteiger charge is 2.10. The highest BCUT2D eigenvalue weighted by molar-refractivity contribution is 7.14. The number of esters is 1. The summed E-state index contributed by atoms with van der Waals surface area (Å²) in [6, 6.07) is 3.69. The van der Waals surface area contributed by atoms with E-state index in [0.29, 0.717) is 4.88 Å². The van der Waals surface area contributed by atoms with Gasteiger partial charge in [0, 0.05) is 11.3 Å². The van der Waals surface area contributed by atoms with E-state index in [1.165, 1.54) is 18.4 Å². The molecule has 0 amide bonds. The molecule has 14 heavy (non-hydrogen) atoms. The van der Waals surface area contributed by atoms with Gasteiger partial charge in [0.05, 0.1) is 18.4 Å². The molecule has 0 saturated carbocycles. The van der Waals surface area contributed by atoms with Crippen LogP contribution in [-0.2, 0) is 9.53 Å². The zero-order valence-corrected chi connectivity index (χ0v) is 9.02. The van der Waals surface area contributed by atoms with E-state index in [4.69, 9.17) is 0 Å². The normalized spacial score (nSPS) is 9.86. The summed E-state index contributed by atoms with van der Waals surface area (Å²) < 4.78 is 4.45. The van der Waals surface area contributed by atoms with Gasteiger partial charge in [0.25, 0.3) is 0 Å². The second-order valence-electron chi connectivity index (χ2n) is 2.91. The zero-order chi connectivity index (χ0) is 10.6. The van der Waals surface area contributed by atoms with E-state index in [1.54, 1.807) is 6.07 Å². The monoisotopic (exact) mass is 212 g/mol. The standard InChI is InChI=1S/C10H12O3S/c1-7-3-5-9(14-7)8(11)4-6-10(12)13-2/h3,5H,4,6H2,1-2H3. The van der Waals surface area contributed by atoms with Crippen LogP contribution in [0.15, 0.2) is 12.1 Å². The van der Waals surface area contributed by atoms with Crippen molar-refractivity contribution in [1.29, 1.82) is 0 Å². The Morgan fingerprint density at radius 3 is 2.57 bits per heavy atom. The molecule has 3 nitrogen and oxygen atoms in total. The lowest BCUT2D eigenvalue weighted by Gasteiger charge is -1.96. The van der Waals surface area contributed by atoms with E-state index in [0.717, 1.165) is 4.88 Å². The summed E-state index contributed by atoms with van der Waals surface area (Å²) in [7, 11) is 1.32. The number of aryl methyl sites for hydroxylation is 1. The molecular weight excluding hydrogens is 200 g/mol. The van der Waals surface area contributed by atoms with Gasteiger partial charge in [-0.2, -0.15) is 0 Å². The maximum Gasteiger partial charge on any atom is 0.305 e. The molecule has 0 aliphatic rings. The Kier molecular flexibility index (Phi) is 3.83. The van der Waals surface area contributed by atoms with Crippen LogP contribution in [0.3, 0.4) is 0 Å². The lowest BCUT2D eigenvalue weighted by Crippen LogP contribution is -2.04. The minimum absolute atomic E-state index is 0.00787. The van der Waals surface area contributed by atoms with Crippen LogP contribution in [0.1, 0.15) is 27.4 Å². The van der Waals surface area contributed by atoms with Crippen molar-refractivity contribution in [3.8, 4) is 0 Å². The summed E-state index contributed by atoms with van der Waals surface area (Å²) in [6.07, 6.45) is 0.388. The Bertz CT molecular complexity index is 341. The third kappa shape index (κ3) is 2.96. The van der Waals surface area contributed by atoms with Crippen LogP contribution in [0.5, 0.6) is 0 Å². The molecular formula is C10H12O3S. The van der Waals surface area contributed by atoms with E-state index in [1.807, 2.05) is 13.0 Å². The van der Waals surface area contributed by atoms with Gasteiger partial charge in [0.15, 0.2) is 5.78 Å². The molecule has 1 aromatic rings. The third-order valence-corrected chi connectivity index (χ3v) is 2.84. The number of methoxy groups -OCH3 is 1. The van der Waals surface area contributed by atoms with Gasteiger partial charge in [0.1, 0.15) is 0 Å². The third-order valence-electron chi connectivity index (χ3n) is 1.80. The van der Waals surface area contributed by atoms with Crippen molar-refractivity contribution in [3.05, 3.63) is 21.9 Å². The smallest absolute Gasteiger partial charge is 0.305 e. The number of carbonyl (C=O) groups excluding carboxylic acids is 2. The molecule has 0 aliphatic carbocycles. The van der Waals surface area contributed by atoms with Crippen LogP contribution >= 0.6 is 11.3 Å². The molecule has 0 aromatic carbocycles. The number of ether oxygens (including phenoxy) is 1. The first-order valence-corrected chi connectivity index (χ1v) is 5.11. The van der Waals surface area contributed by atoms with Crippen molar-refractivity contribution < 1.29 is 14.3 Å². The van der Waals surface area contributed by atoms with Crippen molar-refractivity contribution in [2.24, 2.45) is 0 Å². The summed E-state index contributed by atoms with van der Waals surface area (Å²) in [6.45, 7) is 1.95. The molecule has 0 unspecified atom stereocenters. The van der Waals surface area contributed by atoms with Gasteiger partial charge >= 0.3 is 5.97 Å². The summed E-state index contributed by atoms with van der Waals surface area (Å²) in [5.74, 6) is -0.333. The first-order valence-electron chi connectivity index (χ1n) is 4.30. The summed E-state index contributed by atoms with van der Waals surface area (Å²) in [5.41, 5.74) is 0. The summed E-state index contributed by atoms with van der Waals surface area (Å²) in [5, 5.41) is 0. The topological polar surface area (TPSA) is 43.4 Å². The Hall–Kier alpha value is -1.16. The fourth-order valence-electron chi connectivity index (χ4n) is 1.03. The van der Waals surface area contributed by atoms with E-state index in [-0.39, 0.29) is 24.6 Å². The number of carbonyl (C=O) groups is 2. The van der Waals surface area contributed by atoms with Gasteiger partial charge in [-0.1, -0.05) is 0 Å². The second-order valence-corrected chi connectivity index (χ2v) is 4.20. The Morgan fingerprint density at radius 2 is 2.07 bits per heavy atom. The number of thiophene rings is 1. The lowest BCUT2D eigenvalue weighted by molar-refractivity contribution is -0.140. The number of hydrogen-bond donors (Lipinski definition) is 0. The molecule has 1 aromatic heterocycles. The molecule has 0 spiro atoms. The quantitative estimate of drug-likeness (QED) is 0.567. The van der Waals surface area contributed by atoms with Gasteiger partial charge in [-0.05, 0) is 19.1 Å². The van der Waals surface area contributed by atoms with Gasteiger partial charge in [-0.25, -0.2) is 0 Å². The number of rotatable bonds is 4. The molecule has 0 radical (unpaired) electrons. The molecule has 76 valence electrons. The predicted molar refractivity (Wildman–Crippen MR) is 54.6 cm³/mol. The SMILES string of the molecule is COC(=O)CCC(=O)c1ccc(C)s1. The fraction of sp³-hybridized carbons (Fsp3) is 0.400. The molecule has 0 saturated heterocycles. The van der Waals surface area contributed by atoms with Crippen molar-refractivity contribution in [3.63, 3.8) is 0 Å². The van der Waals surface area contributed by atoms with Crippen molar-refractivity contribution >= 4 is 23.1 Å². The highest BCUT2D eigenvalue weighted by Crippen LogP contribution is 2.17. The molecule has 0 bridgehead atoms. The lowest BCUT2D eigenvalue weighted by atomic mass is 10.2. The predicted octanol–water partition coefficient (Wildman–Crippen LogP) is 2.19. The van der Waals surface area contributed by atoms with Crippen molar-refractivity contribution in [2.45, 2.75) is 19.8 Å². The van der Waals surface area contributed by atoms with Crippen LogP contribution in [0.2, 0.25) is 0 Å². The molecule has 1 heterocycles. The molecule has 0 aliphatic heterocycles. The minimum Gasteiger partial charge on any atom is -0.469 e. The Morgan fingerprint density at radius 1 is 1.36 bits per heavy atom. The average Bonchev–Trinajstić information content (AvgIpc) is 2.60. The molecule has 1 rings (SSSR count). The van der Waals surface area contributed by atoms with Gasteiger partial charge < -0.3 is 4.74 Å². The van der Waals surface area contributed by atoms with Crippen LogP contribution in [0.4, 0.5) is 0 Å². The molecule has 4 heteroatoms. The minimum atomic E-state index is -0.341. The summed E-state index contributed by atoms with van der Waals surface area (Å²) >= 11 is 1.45. The van der Waals surface area contributed by atoms with Crippen LogP contribution in [-0.4, -0.2) is 18.9 Å². The van der Waals surface area contributed by atoms with Gasteiger partial charge in [-0.3, -0.25) is 9.59 Å². The first-order chi connectivity index (χ1) is 6.63. The van der Waals surface area contributed by atoms with E-state index < -0.39 is 0 Å². The van der Waals surface area contributed by atoms with Gasteiger partial charge in [0.2, 0.25) is 0 Å². The van der Waals surface area contributed by atoms with Crippen molar-refractivity contribution in [1.82, 2.24) is 0 Å². The van der Waals surface area contributed by atoms with Crippen LogP contribution < -0.4 is 0 Å². The van der Waals surface area contributed by atoms with Crippen LogP contribution in [0.25, 0.3) is 0 Å². The molecule has 0 atom stereocenters. The Balaban J connectivity index is 2.47. The average molecular weight is 212 g/mol. The highest BCUT2D eigenvalue weighted by atomic mass is 32.1. The van der Waals surface area contributed by atoms with Crippen LogP contribution in [0, 0.1) is 6.92 Å². The molecule has 0 N–H and O–H groups in total. The van der Waals surface area contributed by atoms with Crippen molar-refractivity contribution in [2.75, 3.05) is 7.11 Å². The number of ketones is 1. The number of Topliss-reactive ketones (excluding diaryl/α,β-unsaturated/α-hetero) is 1. The maximum absolute atomic E-state index is 11.5. The fourth-order valence-corrected chi connectivity index (χ4v) is 1.86. The summed E-state index contributed by atoms with van der Waals surface area (Å²) in [4.78, 5) is 24.1. The van der Waals surface area contributed by atoms with Gasteiger partial charge in [-0.15, -0.1) is 11.3 Å². The van der Waals surface area contributed by atoms with E-state index in [9.17, 15) is 9.59 Å². The zero-order valence-electron chi connectivity index (χ0n) is 8.20. The first kappa shape index (κ1) is 10.9. The maximum atomic E-state index is 11.5. The molecule has 0 fully saturated rings. The second kappa shape index (κ2) is 4.91.